The molecule has 1 saturated carbocycles. The second-order valence-corrected chi connectivity index (χ2v) is 6.00. The summed E-state index contributed by atoms with van der Waals surface area (Å²) in [5.41, 5.74) is 0.00102. The Morgan fingerprint density at radius 1 is 1.56 bits per heavy atom. The normalized spacial score (nSPS) is 17.1. The van der Waals surface area contributed by atoms with Gasteiger partial charge < -0.3 is 10.4 Å². The lowest BCUT2D eigenvalue weighted by Crippen LogP contribution is -2.32. The zero-order valence-electron chi connectivity index (χ0n) is 9.45. The number of aliphatic hydroxyl groups excluding tert-OH is 1. The fraction of sp³-hybridized carbons (Fsp3) is 0.583. The van der Waals surface area contributed by atoms with Gasteiger partial charge in [-0.25, -0.2) is 0 Å². The summed E-state index contributed by atoms with van der Waals surface area (Å²) in [6.45, 7) is 2.84. The van der Waals surface area contributed by atoms with Crippen LogP contribution < -0.4 is 5.32 Å². The maximum atomic E-state index is 11.6. The number of hydrogen-bond donors (Lipinski definition) is 2. The van der Waals surface area contributed by atoms with Gasteiger partial charge in [-0.15, -0.1) is 11.3 Å². The molecule has 3 nitrogen and oxygen atoms in total. The first-order valence-corrected chi connectivity index (χ1v) is 6.38. The highest BCUT2D eigenvalue weighted by atomic mass is 32.1. The maximum Gasteiger partial charge on any atom is 0.225 e. The van der Waals surface area contributed by atoms with Gasteiger partial charge in [0.05, 0.1) is 13.0 Å². The highest BCUT2D eigenvalue weighted by Crippen LogP contribution is 2.44. The Morgan fingerprint density at radius 2 is 2.31 bits per heavy atom. The van der Waals surface area contributed by atoms with E-state index < -0.39 is 0 Å². The van der Waals surface area contributed by atoms with Crippen LogP contribution in [0.3, 0.4) is 0 Å². The Morgan fingerprint density at radius 3 is 2.81 bits per heavy atom. The number of carbonyl (C=O) groups excluding carboxylic acids is 1. The zero-order chi connectivity index (χ0) is 11.6. The number of nitrogens with one attached hydrogen (secondary N) is 1. The summed E-state index contributed by atoms with van der Waals surface area (Å²) in [4.78, 5) is 14.0. The van der Waals surface area contributed by atoms with Crippen molar-refractivity contribution in [1.29, 1.82) is 0 Å². The van der Waals surface area contributed by atoms with Crippen molar-refractivity contribution in [2.24, 2.45) is 5.41 Å². The Hall–Kier alpha value is -0.870. The minimum Gasteiger partial charge on any atom is -0.396 e. The summed E-state index contributed by atoms with van der Waals surface area (Å²) < 4.78 is 0. The third kappa shape index (κ3) is 2.83. The molecule has 1 aromatic heterocycles. The fourth-order valence-corrected chi connectivity index (χ4v) is 2.54. The van der Waals surface area contributed by atoms with Crippen molar-refractivity contribution >= 4 is 17.2 Å². The minimum atomic E-state index is 0.00102. The highest BCUT2D eigenvalue weighted by Gasteiger charge is 2.41. The largest absolute Gasteiger partial charge is 0.396 e. The van der Waals surface area contributed by atoms with Gasteiger partial charge in [-0.1, -0.05) is 0 Å². The van der Waals surface area contributed by atoms with Gasteiger partial charge in [-0.2, -0.15) is 0 Å². The highest BCUT2D eigenvalue weighted by molar-refractivity contribution is 7.12. The third-order valence-electron chi connectivity index (χ3n) is 3.08. The van der Waals surface area contributed by atoms with Crippen molar-refractivity contribution in [2.75, 3.05) is 13.2 Å². The van der Waals surface area contributed by atoms with Gasteiger partial charge in [0.25, 0.3) is 0 Å². The molecule has 0 unspecified atom stereocenters. The van der Waals surface area contributed by atoms with E-state index in [1.54, 1.807) is 11.3 Å². The molecule has 1 heterocycles. The van der Waals surface area contributed by atoms with Crippen LogP contribution in [0.4, 0.5) is 0 Å². The molecule has 0 saturated heterocycles. The molecule has 16 heavy (non-hydrogen) atoms. The first-order valence-electron chi connectivity index (χ1n) is 5.56. The van der Waals surface area contributed by atoms with E-state index in [1.165, 1.54) is 4.88 Å². The number of aryl methyl sites for hydroxylation is 1. The molecule has 1 fully saturated rings. The molecule has 0 bridgehead atoms. The molecule has 88 valence electrons. The van der Waals surface area contributed by atoms with Gasteiger partial charge in [-0.3, -0.25) is 4.79 Å². The van der Waals surface area contributed by atoms with Crippen molar-refractivity contribution in [3.63, 3.8) is 0 Å². The van der Waals surface area contributed by atoms with E-state index in [4.69, 9.17) is 5.11 Å². The average Bonchev–Trinajstić information content (AvgIpc) is 2.95. The van der Waals surface area contributed by atoms with Crippen LogP contribution >= 0.6 is 11.3 Å². The van der Waals surface area contributed by atoms with E-state index >= 15 is 0 Å². The van der Waals surface area contributed by atoms with Gasteiger partial charge in [0.2, 0.25) is 5.91 Å². The second-order valence-electron chi connectivity index (χ2n) is 4.62. The van der Waals surface area contributed by atoms with Crippen LogP contribution in [0.15, 0.2) is 12.1 Å². The molecule has 0 aliphatic heterocycles. The van der Waals surface area contributed by atoms with Crippen LogP contribution in [0.5, 0.6) is 0 Å². The first-order chi connectivity index (χ1) is 7.63. The summed E-state index contributed by atoms with van der Waals surface area (Å²) in [6.07, 6.45) is 2.52. The average molecular weight is 239 g/mol. The van der Waals surface area contributed by atoms with Crippen molar-refractivity contribution < 1.29 is 9.90 Å². The van der Waals surface area contributed by atoms with Crippen molar-refractivity contribution in [3.05, 3.63) is 21.9 Å². The number of amides is 1. The smallest absolute Gasteiger partial charge is 0.225 e. The summed E-state index contributed by atoms with van der Waals surface area (Å²) >= 11 is 1.66. The monoisotopic (exact) mass is 239 g/mol. The molecular formula is C12H17NO2S. The summed E-state index contributed by atoms with van der Waals surface area (Å²) in [5.74, 6) is 0.0570. The number of aliphatic hydroxyl groups is 1. The molecule has 2 N–H and O–H groups in total. The quantitative estimate of drug-likeness (QED) is 0.818. The molecule has 0 radical (unpaired) electrons. The van der Waals surface area contributed by atoms with Crippen molar-refractivity contribution in [3.8, 4) is 0 Å². The number of carbonyl (C=O) groups is 1. The van der Waals surface area contributed by atoms with Crippen LogP contribution in [0.25, 0.3) is 0 Å². The van der Waals surface area contributed by atoms with Gasteiger partial charge in [-0.05, 0) is 31.9 Å². The first kappa shape index (κ1) is 11.6. The summed E-state index contributed by atoms with van der Waals surface area (Å²) in [5, 5.41) is 12.0. The van der Waals surface area contributed by atoms with Crippen LogP contribution in [0.2, 0.25) is 0 Å². The molecule has 1 aliphatic rings. The number of thiophene rings is 1. The molecule has 0 spiro atoms. The van der Waals surface area contributed by atoms with E-state index in [9.17, 15) is 4.79 Å². The van der Waals surface area contributed by atoms with Gasteiger partial charge in [0.15, 0.2) is 0 Å². The van der Waals surface area contributed by atoms with Crippen LogP contribution in [-0.2, 0) is 11.2 Å². The standard InChI is InChI=1S/C12H17NO2S/c1-9-2-3-10(16-9)6-11(15)13-7-12(8-14)4-5-12/h2-3,14H,4-8H2,1H3,(H,13,15). The van der Waals surface area contributed by atoms with Gasteiger partial charge in [0, 0.05) is 21.7 Å². The molecule has 0 aromatic carbocycles. The lowest BCUT2D eigenvalue weighted by molar-refractivity contribution is -0.120. The predicted molar refractivity (Wildman–Crippen MR) is 64.5 cm³/mol. The van der Waals surface area contributed by atoms with E-state index in [2.05, 4.69) is 5.32 Å². The van der Waals surface area contributed by atoms with E-state index in [-0.39, 0.29) is 17.9 Å². The molecule has 1 amide bonds. The van der Waals surface area contributed by atoms with Crippen molar-refractivity contribution in [1.82, 2.24) is 5.32 Å². The molecule has 4 heteroatoms. The Balaban J connectivity index is 1.76. The van der Waals surface area contributed by atoms with Crippen LogP contribution in [0.1, 0.15) is 22.6 Å². The van der Waals surface area contributed by atoms with Crippen LogP contribution in [-0.4, -0.2) is 24.2 Å². The SMILES string of the molecule is Cc1ccc(CC(=O)NCC2(CO)CC2)s1. The molecule has 0 atom stereocenters. The van der Waals surface area contributed by atoms with Crippen molar-refractivity contribution in [2.45, 2.75) is 26.2 Å². The Bertz CT molecular complexity index is 382. The lowest BCUT2D eigenvalue weighted by atomic mass is 10.1. The molecule has 2 rings (SSSR count). The third-order valence-corrected chi connectivity index (χ3v) is 4.08. The molecule has 1 aliphatic carbocycles. The van der Waals surface area contributed by atoms with Gasteiger partial charge in [0.1, 0.15) is 0 Å². The van der Waals surface area contributed by atoms with E-state index in [1.807, 2.05) is 19.1 Å². The van der Waals surface area contributed by atoms with Crippen LogP contribution in [0, 0.1) is 12.3 Å². The zero-order valence-corrected chi connectivity index (χ0v) is 10.3. The lowest BCUT2D eigenvalue weighted by Gasteiger charge is -2.12. The number of rotatable bonds is 5. The molecular weight excluding hydrogens is 222 g/mol. The Labute approximate surface area is 99.5 Å². The fourth-order valence-electron chi connectivity index (χ4n) is 1.65. The van der Waals surface area contributed by atoms with E-state index in [0.717, 1.165) is 17.7 Å². The second kappa shape index (κ2) is 4.55. The predicted octanol–water partition coefficient (Wildman–Crippen LogP) is 1.49. The molecule has 1 aromatic rings. The van der Waals surface area contributed by atoms with E-state index in [0.29, 0.717) is 13.0 Å². The minimum absolute atomic E-state index is 0.00102. The summed E-state index contributed by atoms with van der Waals surface area (Å²) in [6, 6.07) is 4.03. The van der Waals surface area contributed by atoms with Gasteiger partial charge >= 0.3 is 0 Å². The number of hydrogen-bond acceptors (Lipinski definition) is 3. The topological polar surface area (TPSA) is 49.3 Å². The summed E-state index contributed by atoms with van der Waals surface area (Å²) in [7, 11) is 0. The maximum absolute atomic E-state index is 11.6. The Kier molecular flexibility index (Phi) is 3.30.